The van der Waals surface area contributed by atoms with Crippen LogP contribution in [0.15, 0.2) is 18.3 Å². The summed E-state index contributed by atoms with van der Waals surface area (Å²) >= 11 is 0. The summed E-state index contributed by atoms with van der Waals surface area (Å²) in [7, 11) is 3.45. The van der Waals surface area contributed by atoms with Gasteiger partial charge < -0.3 is 15.0 Å². The van der Waals surface area contributed by atoms with Gasteiger partial charge >= 0.3 is 0 Å². The lowest BCUT2D eigenvalue weighted by Crippen LogP contribution is -2.28. The Bertz CT molecular complexity index is 365. The van der Waals surface area contributed by atoms with Gasteiger partial charge in [0.25, 0.3) is 5.91 Å². The van der Waals surface area contributed by atoms with Crippen molar-refractivity contribution in [2.24, 2.45) is 0 Å². The minimum absolute atomic E-state index is 0.0124. The first-order valence-electron chi connectivity index (χ1n) is 6.13. The Labute approximate surface area is 108 Å². The van der Waals surface area contributed by atoms with Gasteiger partial charge in [-0.2, -0.15) is 0 Å². The Hall–Kier alpha value is -1.62. The van der Waals surface area contributed by atoms with Crippen LogP contribution in [0, 0.1) is 0 Å². The van der Waals surface area contributed by atoms with Crippen LogP contribution in [0.1, 0.15) is 23.7 Å². The van der Waals surface area contributed by atoms with E-state index < -0.39 is 0 Å². The molecule has 1 N–H and O–H groups in total. The van der Waals surface area contributed by atoms with E-state index in [0.717, 1.165) is 18.8 Å². The van der Waals surface area contributed by atoms with Gasteiger partial charge in [0.1, 0.15) is 5.82 Å². The van der Waals surface area contributed by atoms with Gasteiger partial charge in [0, 0.05) is 40.1 Å². The first kappa shape index (κ1) is 14.4. The molecule has 1 heterocycles. The molecule has 0 fully saturated rings. The van der Waals surface area contributed by atoms with E-state index in [4.69, 9.17) is 4.74 Å². The van der Waals surface area contributed by atoms with Crippen LogP contribution in [0.4, 0.5) is 5.82 Å². The Morgan fingerprint density at radius 2 is 2.28 bits per heavy atom. The summed E-state index contributed by atoms with van der Waals surface area (Å²) in [6.07, 6.45) is 2.44. The lowest BCUT2D eigenvalue weighted by molar-refractivity contribution is 0.0779. The Morgan fingerprint density at radius 3 is 2.83 bits per heavy atom. The molecule has 1 aromatic heterocycles. The third-order valence-electron chi connectivity index (χ3n) is 2.56. The smallest absolute Gasteiger partial charge is 0.255 e. The number of hydrogen-bond acceptors (Lipinski definition) is 4. The minimum atomic E-state index is -0.0124. The fourth-order valence-corrected chi connectivity index (χ4v) is 1.57. The van der Waals surface area contributed by atoms with Crippen molar-refractivity contribution in [2.75, 3.05) is 39.2 Å². The third-order valence-corrected chi connectivity index (χ3v) is 2.56. The van der Waals surface area contributed by atoms with Crippen molar-refractivity contribution in [3.05, 3.63) is 23.9 Å². The van der Waals surface area contributed by atoms with Crippen molar-refractivity contribution in [1.82, 2.24) is 9.88 Å². The molecule has 0 atom stereocenters. The number of aromatic nitrogens is 1. The Morgan fingerprint density at radius 1 is 1.50 bits per heavy atom. The topological polar surface area (TPSA) is 54.5 Å². The minimum Gasteiger partial charge on any atom is -0.385 e. The maximum atomic E-state index is 12.0. The Balaban J connectivity index is 2.54. The highest BCUT2D eigenvalue weighted by Gasteiger charge is 2.11. The van der Waals surface area contributed by atoms with Crippen LogP contribution in [0.3, 0.4) is 0 Å². The van der Waals surface area contributed by atoms with Crippen molar-refractivity contribution < 1.29 is 9.53 Å². The second kappa shape index (κ2) is 7.66. The van der Waals surface area contributed by atoms with Gasteiger partial charge in [-0.15, -0.1) is 0 Å². The van der Waals surface area contributed by atoms with E-state index in [1.807, 2.05) is 13.0 Å². The molecule has 100 valence electrons. The molecule has 5 nitrogen and oxygen atoms in total. The van der Waals surface area contributed by atoms with Crippen molar-refractivity contribution in [1.29, 1.82) is 0 Å². The van der Waals surface area contributed by atoms with Gasteiger partial charge in [-0.3, -0.25) is 4.79 Å². The molecule has 0 bridgehead atoms. The molecular formula is C13H21N3O2. The van der Waals surface area contributed by atoms with Crippen LogP contribution in [0.25, 0.3) is 0 Å². The van der Waals surface area contributed by atoms with Crippen LogP contribution in [0.2, 0.25) is 0 Å². The lowest BCUT2D eigenvalue weighted by Gasteiger charge is -2.16. The number of anilines is 1. The molecule has 1 amide bonds. The summed E-state index contributed by atoms with van der Waals surface area (Å²) in [6.45, 7) is 4.17. The molecule has 0 aromatic carbocycles. The van der Waals surface area contributed by atoms with Crippen LogP contribution >= 0.6 is 0 Å². The molecule has 0 unspecified atom stereocenters. The molecule has 1 aromatic rings. The third kappa shape index (κ3) is 4.33. The van der Waals surface area contributed by atoms with Crippen LogP contribution < -0.4 is 5.32 Å². The van der Waals surface area contributed by atoms with Crippen molar-refractivity contribution in [2.45, 2.75) is 13.3 Å². The summed E-state index contributed by atoms with van der Waals surface area (Å²) in [5.41, 5.74) is 0.608. The average Bonchev–Trinajstić information content (AvgIpc) is 2.39. The number of carbonyl (C=O) groups is 1. The molecule has 0 aliphatic carbocycles. The molecule has 18 heavy (non-hydrogen) atoms. The molecular weight excluding hydrogens is 230 g/mol. The number of methoxy groups -OCH3 is 1. The zero-order valence-electron chi connectivity index (χ0n) is 11.3. The molecule has 0 aliphatic rings. The van der Waals surface area contributed by atoms with Gasteiger partial charge in [0.2, 0.25) is 0 Å². The first-order chi connectivity index (χ1) is 8.69. The second-order valence-corrected chi connectivity index (χ2v) is 4.04. The van der Waals surface area contributed by atoms with Crippen molar-refractivity contribution in [3.8, 4) is 0 Å². The number of nitrogens with one attached hydrogen (secondary N) is 1. The molecule has 0 aliphatic heterocycles. The second-order valence-electron chi connectivity index (χ2n) is 4.04. The van der Waals surface area contributed by atoms with E-state index in [0.29, 0.717) is 18.7 Å². The number of carbonyl (C=O) groups excluding carboxylic acids is 1. The summed E-state index contributed by atoms with van der Waals surface area (Å²) in [4.78, 5) is 17.9. The molecule has 0 saturated carbocycles. The van der Waals surface area contributed by atoms with Gasteiger partial charge in [-0.1, -0.05) is 0 Å². The van der Waals surface area contributed by atoms with Gasteiger partial charge in [0.05, 0.1) is 5.56 Å². The molecule has 5 heteroatoms. The highest BCUT2D eigenvalue weighted by atomic mass is 16.5. The number of amides is 1. The number of rotatable bonds is 7. The normalized spacial score (nSPS) is 10.2. The van der Waals surface area contributed by atoms with Crippen LogP contribution in [-0.2, 0) is 4.74 Å². The van der Waals surface area contributed by atoms with Crippen molar-refractivity contribution >= 4 is 11.7 Å². The summed E-state index contributed by atoms with van der Waals surface area (Å²) in [6, 6.07) is 3.61. The molecule has 0 saturated heterocycles. The zero-order valence-corrected chi connectivity index (χ0v) is 11.3. The first-order valence-corrected chi connectivity index (χ1v) is 6.13. The number of nitrogens with zero attached hydrogens (tertiary/aromatic N) is 2. The molecule has 1 rings (SSSR count). The standard InChI is InChI=1S/C13H21N3O2/c1-4-14-12-7-6-11(10-15-12)13(17)16(2)8-5-9-18-3/h6-7,10H,4-5,8-9H2,1-3H3,(H,14,15). The zero-order chi connectivity index (χ0) is 13.4. The van der Waals surface area contributed by atoms with E-state index in [-0.39, 0.29) is 5.91 Å². The summed E-state index contributed by atoms with van der Waals surface area (Å²) in [5.74, 6) is 0.776. The monoisotopic (exact) mass is 251 g/mol. The Kier molecular flexibility index (Phi) is 6.14. The van der Waals surface area contributed by atoms with E-state index >= 15 is 0 Å². The van der Waals surface area contributed by atoms with Crippen LogP contribution in [0.5, 0.6) is 0 Å². The van der Waals surface area contributed by atoms with E-state index in [2.05, 4.69) is 10.3 Å². The number of pyridine rings is 1. The van der Waals surface area contributed by atoms with Crippen molar-refractivity contribution in [3.63, 3.8) is 0 Å². The van der Waals surface area contributed by atoms with Gasteiger partial charge in [-0.25, -0.2) is 4.98 Å². The molecule has 0 radical (unpaired) electrons. The number of ether oxygens (including phenoxy) is 1. The molecule has 0 spiro atoms. The van der Waals surface area contributed by atoms with E-state index in [1.165, 1.54) is 0 Å². The predicted molar refractivity (Wildman–Crippen MR) is 71.9 cm³/mol. The van der Waals surface area contributed by atoms with Gasteiger partial charge in [0.15, 0.2) is 0 Å². The highest BCUT2D eigenvalue weighted by molar-refractivity contribution is 5.93. The largest absolute Gasteiger partial charge is 0.385 e. The average molecular weight is 251 g/mol. The SMILES string of the molecule is CCNc1ccc(C(=O)N(C)CCCOC)cn1. The van der Waals surface area contributed by atoms with Gasteiger partial charge in [-0.05, 0) is 25.5 Å². The highest BCUT2D eigenvalue weighted by Crippen LogP contribution is 2.07. The van der Waals surface area contributed by atoms with Crippen LogP contribution in [-0.4, -0.2) is 49.6 Å². The van der Waals surface area contributed by atoms with E-state index in [1.54, 1.807) is 31.3 Å². The van der Waals surface area contributed by atoms with E-state index in [9.17, 15) is 4.79 Å². The summed E-state index contributed by atoms with van der Waals surface area (Å²) < 4.78 is 4.96. The summed E-state index contributed by atoms with van der Waals surface area (Å²) in [5, 5.41) is 3.09. The maximum absolute atomic E-state index is 12.0. The predicted octanol–water partition coefficient (Wildman–Crippen LogP) is 1.62. The lowest BCUT2D eigenvalue weighted by atomic mass is 10.2. The fourth-order valence-electron chi connectivity index (χ4n) is 1.57. The fraction of sp³-hybridized carbons (Fsp3) is 0.538. The number of hydrogen-bond donors (Lipinski definition) is 1. The quantitative estimate of drug-likeness (QED) is 0.748. The maximum Gasteiger partial charge on any atom is 0.255 e.